The van der Waals surface area contributed by atoms with Gasteiger partial charge in [0.1, 0.15) is 17.5 Å². The van der Waals surface area contributed by atoms with Gasteiger partial charge in [-0.1, -0.05) is 12.1 Å². The summed E-state index contributed by atoms with van der Waals surface area (Å²) in [5, 5.41) is 2.80. The van der Waals surface area contributed by atoms with E-state index in [2.05, 4.69) is 5.32 Å². The minimum absolute atomic E-state index is 0.269. The standard InChI is InChI=1S/C21H28N2O5S/c1-5-27-19-12-10-18(11-13-19)23(29(4,25)26)16(3)21(24)22-15-17-8-7-9-20(14-17)28-6-2/h7-14,16H,5-6,15H2,1-4H3,(H,22,24)/t16-/m0/s1. The van der Waals surface area contributed by atoms with Crippen LogP contribution >= 0.6 is 0 Å². The molecule has 0 aliphatic carbocycles. The topological polar surface area (TPSA) is 84.9 Å². The molecule has 2 rings (SSSR count). The molecule has 158 valence electrons. The molecule has 0 aliphatic rings. The van der Waals surface area contributed by atoms with Gasteiger partial charge >= 0.3 is 0 Å². The Morgan fingerprint density at radius 3 is 2.24 bits per heavy atom. The summed E-state index contributed by atoms with van der Waals surface area (Å²) >= 11 is 0. The third-order valence-electron chi connectivity index (χ3n) is 4.17. The molecule has 2 aromatic carbocycles. The minimum Gasteiger partial charge on any atom is -0.494 e. The summed E-state index contributed by atoms with van der Waals surface area (Å²) in [5.74, 6) is 0.960. The van der Waals surface area contributed by atoms with Gasteiger partial charge in [-0.2, -0.15) is 0 Å². The number of nitrogens with one attached hydrogen (secondary N) is 1. The monoisotopic (exact) mass is 420 g/mol. The van der Waals surface area contributed by atoms with E-state index in [9.17, 15) is 13.2 Å². The number of nitrogens with zero attached hydrogens (tertiary/aromatic N) is 1. The summed E-state index contributed by atoms with van der Waals surface area (Å²) in [7, 11) is -3.67. The van der Waals surface area contributed by atoms with Crippen LogP contribution in [0, 0.1) is 0 Å². The SMILES string of the molecule is CCOc1ccc(N([C@@H](C)C(=O)NCc2cccc(OCC)c2)S(C)(=O)=O)cc1. The zero-order valence-corrected chi connectivity index (χ0v) is 18.0. The van der Waals surface area contributed by atoms with Gasteiger partial charge in [0.05, 0.1) is 25.2 Å². The van der Waals surface area contributed by atoms with E-state index in [1.807, 2.05) is 38.1 Å². The van der Waals surface area contributed by atoms with Crippen LogP contribution in [-0.2, 0) is 21.4 Å². The first-order valence-electron chi connectivity index (χ1n) is 9.48. The fourth-order valence-corrected chi connectivity index (χ4v) is 4.09. The lowest BCUT2D eigenvalue weighted by atomic mass is 10.2. The van der Waals surface area contributed by atoms with Crippen molar-refractivity contribution < 1.29 is 22.7 Å². The number of carbonyl (C=O) groups excluding carboxylic acids is 1. The zero-order chi connectivity index (χ0) is 21.4. The van der Waals surface area contributed by atoms with Crippen LogP contribution in [0.4, 0.5) is 5.69 Å². The molecule has 0 aromatic heterocycles. The van der Waals surface area contributed by atoms with Crippen LogP contribution in [0.5, 0.6) is 11.5 Å². The van der Waals surface area contributed by atoms with Crippen LogP contribution in [0.25, 0.3) is 0 Å². The summed E-state index contributed by atoms with van der Waals surface area (Å²) < 4.78 is 36.7. The molecule has 0 fully saturated rings. The lowest BCUT2D eigenvalue weighted by Crippen LogP contribution is -2.47. The molecule has 29 heavy (non-hydrogen) atoms. The van der Waals surface area contributed by atoms with E-state index < -0.39 is 22.0 Å². The second kappa shape index (κ2) is 10.2. The third kappa shape index (κ3) is 6.39. The van der Waals surface area contributed by atoms with Crippen LogP contribution in [0.2, 0.25) is 0 Å². The molecule has 1 atom stereocenters. The van der Waals surface area contributed by atoms with Crippen LogP contribution in [0.15, 0.2) is 48.5 Å². The number of ether oxygens (including phenoxy) is 2. The van der Waals surface area contributed by atoms with Crippen LogP contribution < -0.4 is 19.1 Å². The van der Waals surface area contributed by atoms with Gasteiger partial charge in [0.2, 0.25) is 15.9 Å². The average Bonchev–Trinajstić information content (AvgIpc) is 2.67. The normalized spacial score (nSPS) is 12.1. The van der Waals surface area contributed by atoms with Gasteiger partial charge in [0.25, 0.3) is 0 Å². The van der Waals surface area contributed by atoms with E-state index in [1.165, 1.54) is 0 Å². The first-order chi connectivity index (χ1) is 13.8. The van der Waals surface area contributed by atoms with Gasteiger partial charge in [-0.3, -0.25) is 9.10 Å². The maximum absolute atomic E-state index is 12.7. The van der Waals surface area contributed by atoms with Crippen molar-refractivity contribution in [1.29, 1.82) is 0 Å². The number of anilines is 1. The Labute approximate surface area is 172 Å². The van der Waals surface area contributed by atoms with Crippen molar-refractivity contribution in [3.05, 3.63) is 54.1 Å². The molecule has 8 heteroatoms. The van der Waals surface area contributed by atoms with Crippen molar-refractivity contribution >= 4 is 21.6 Å². The number of hydrogen-bond acceptors (Lipinski definition) is 5. The molecule has 0 saturated heterocycles. The fourth-order valence-electron chi connectivity index (χ4n) is 2.91. The second-order valence-electron chi connectivity index (χ2n) is 6.46. The molecule has 0 aliphatic heterocycles. The minimum atomic E-state index is -3.67. The van der Waals surface area contributed by atoms with E-state index in [0.29, 0.717) is 24.7 Å². The molecular weight excluding hydrogens is 392 g/mol. The molecular formula is C21H28N2O5S. The summed E-state index contributed by atoms with van der Waals surface area (Å²) in [5.41, 5.74) is 1.26. The lowest BCUT2D eigenvalue weighted by Gasteiger charge is -2.28. The van der Waals surface area contributed by atoms with E-state index in [-0.39, 0.29) is 6.54 Å². The highest BCUT2D eigenvalue weighted by Gasteiger charge is 2.29. The largest absolute Gasteiger partial charge is 0.494 e. The second-order valence-corrected chi connectivity index (χ2v) is 8.32. The molecule has 7 nitrogen and oxygen atoms in total. The van der Waals surface area contributed by atoms with Gasteiger partial charge in [0, 0.05) is 6.54 Å². The molecule has 1 amide bonds. The molecule has 1 N–H and O–H groups in total. The zero-order valence-electron chi connectivity index (χ0n) is 17.2. The van der Waals surface area contributed by atoms with Gasteiger partial charge in [-0.15, -0.1) is 0 Å². The lowest BCUT2D eigenvalue weighted by molar-refractivity contribution is -0.122. The van der Waals surface area contributed by atoms with Gasteiger partial charge in [0.15, 0.2) is 0 Å². The number of amides is 1. The summed E-state index contributed by atoms with van der Waals surface area (Å²) in [6.07, 6.45) is 1.08. The number of benzene rings is 2. The summed E-state index contributed by atoms with van der Waals surface area (Å²) in [6, 6.07) is 13.1. The number of rotatable bonds is 10. The Hall–Kier alpha value is -2.74. The van der Waals surface area contributed by atoms with Gasteiger partial charge < -0.3 is 14.8 Å². The number of sulfonamides is 1. The third-order valence-corrected chi connectivity index (χ3v) is 5.41. The molecule has 0 saturated carbocycles. The van der Waals surface area contributed by atoms with E-state index in [4.69, 9.17) is 9.47 Å². The van der Waals surface area contributed by atoms with Crippen molar-refractivity contribution in [2.45, 2.75) is 33.4 Å². The Morgan fingerprint density at radius 2 is 1.66 bits per heavy atom. The van der Waals surface area contributed by atoms with Crippen molar-refractivity contribution in [1.82, 2.24) is 5.32 Å². The summed E-state index contributed by atoms with van der Waals surface area (Å²) in [6.45, 7) is 6.66. The van der Waals surface area contributed by atoms with E-state index in [1.54, 1.807) is 31.2 Å². The predicted molar refractivity (Wildman–Crippen MR) is 114 cm³/mol. The first-order valence-corrected chi connectivity index (χ1v) is 11.3. The maximum atomic E-state index is 12.7. The van der Waals surface area contributed by atoms with Crippen molar-refractivity contribution in [2.24, 2.45) is 0 Å². The van der Waals surface area contributed by atoms with Crippen molar-refractivity contribution in [2.75, 3.05) is 23.8 Å². The van der Waals surface area contributed by atoms with Gasteiger partial charge in [-0.25, -0.2) is 8.42 Å². The fraction of sp³-hybridized carbons (Fsp3) is 0.381. The molecule has 0 heterocycles. The summed E-state index contributed by atoms with van der Waals surface area (Å²) in [4.78, 5) is 12.7. The maximum Gasteiger partial charge on any atom is 0.243 e. The Kier molecular flexibility index (Phi) is 7.90. The Balaban J connectivity index is 2.13. The van der Waals surface area contributed by atoms with Crippen molar-refractivity contribution in [3.63, 3.8) is 0 Å². The van der Waals surface area contributed by atoms with Crippen molar-refractivity contribution in [3.8, 4) is 11.5 Å². The van der Waals surface area contributed by atoms with E-state index >= 15 is 0 Å². The molecule has 0 radical (unpaired) electrons. The van der Waals surface area contributed by atoms with Crippen LogP contribution in [0.3, 0.4) is 0 Å². The molecule has 0 bridgehead atoms. The Bertz CT molecular complexity index is 913. The smallest absolute Gasteiger partial charge is 0.243 e. The average molecular weight is 421 g/mol. The highest BCUT2D eigenvalue weighted by atomic mass is 32.2. The van der Waals surface area contributed by atoms with Crippen LogP contribution in [-0.4, -0.2) is 39.8 Å². The number of carbonyl (C=O) groups is 1. The molecule has 2 aromatic rings. The molecule has 0 unspecified atom stereocenters. The highest BCUT2D eigenvalue weighted by molar-refractivity contribution is 7.92. The van der Waals surface area contributed by atoms with E-state index in [0.717, 1.165) is 21.9 Å². The Morgan fingerprint density at radius 1 is 1.03 bits per heavy atom. The first kappa shape index (κ1) is 22.5. The molecule has 0 spiro atoms. The number of hydrogen-bond donors (Lipinski definition) is 1. The van der Waals surface area contributed by atoms with Gasteiger partial charge in [-0.05, 0) is 62.7 Å². The quantitative estimate of drug-likeness (QED) is 0.639. The van der Waals surface area contributed by atoms with Crippen LogP contribution in [0.1, 0.15) is 26.3 Å². The highest BCUT2D eigenvalue weighted by Crippen LogP contribution is 2.24. The predicted octanol–water partition coefficient (Wildman–Crippen LogP) is 2.95.